The molecule has 140 valence electrons. The Morgan fingerprint density at radius 2 is 2.00 bits per heavy atom. The normalized spacial score (nSPS) is 17.0. The third-order valence-electron chi connectivity index (χ3n) is 4.60. The molecular formula is C18H22N2O4S2. The van der Waals surface area contributed by atoms with Crippen molar-refractivity contribution in [1.29, 1.82) is 0 Å². The van der Waals surface area contributed by atoms with Crippen molar-refractivity contribution in [1.82, 2.24) is 4.98 Å². The van der Waals surface area contributed by atoms with Gasteiger partial charge < -0.3 is 10.1 Å². The molecule has 0 unspecified atom stereocenters. The fourth-order valence-electron chi connectivity index (χ4n) is 3.13. The van der Waals surface area contributed by atoms with E-state index in [1.165, 1.54) is 17.6 Å². The number of ether oxygens (including phenoxy) is 1. The number of amides is 1. The Kier molecular flexibility index (Phi) is 6.05. The molecule has 0 aliphatic carbocycles. The lowest BCUT2D eigenvalue weighted by Crippen LogP contribution is -2.26. The van der Waals surface area contributed by atoms with Gasteiger partial charge >= 0.3 is 0 Å². The van der Waals surface area contributed by atoms with Crippen LogP contribution in [0.25, 0.3) is 0 Å². The van der Waals surface area contributed by atoms with Gasteiger partial charge in [0.1, 0.15) is 0 Å². The fourth-order valence-corrected chi connectivity index (χ4v) is 4.30. The van der Waals surface area contributed by atoms with E-state index < -0.39 is 9.84 Å². The Labute approximate surface area is 157 Å². The largest absolute Gasteiger partial charge is 0.381 e. The summed E-state index contributed by atoms with van der Waals surface area (Å²) in [6, 6.07) is 6.61. The molecule has 8 heteroatoms. The molecule has 2 aromatic rings. The van der Waals surface area contributed by atoms with Crippen LogP contribution in [-0.4, -0.2) is 38.8 Å². The van der Waals surface area contributed by atoms with E-state index in [1.54, 1.807) is 30.5 Å². The Hall–Kier alpha value is -1.77. The average Bonchev–Trinajstić information content (AvgIpc) is 3.13. The Balaban J connectivity index is 1.82. The van der Waals surface area contributed by atoms with Gasteiger partial charge in [-0.3, -0.25) is 4.79 Å². The molecule has 1 aromatic carbocycles. The number of rotatable bonds is 6. The van der Waals surface area contributed by atoms with Crippen LogP contribution in [0, 0.1) is 5.92 Å². The molecule has 6 nitrogen and oxygen atoms in total. The van der Waals surface area contributed by atoms with E-state index in [2.05, 4.69) is 10.3 Å². The van der Waals surface area contributed by atoms with Gasteiger partial charge in [-0.2, -0.15) is 0 Å². The number of benzene rings is 1. The van der Waals surface area contributed by atoms with Crippen molar-refractivity contribution in [2.24, 2.45) is 5.92 Å². The van der Waals surface area contributed by atoms with Crippen LogP contribution in [0.15, 0.2) is 40.7 Å². The van der Waals surface area contributed by atoms with Crippen molar-refractivity contribution < 1.29 is 17.9 Å². The van der Waals surface area contributed by atoms with Gasteiger partial charge in [0.2, 0.25) is 5.91 Å². The molecule has 26 heavy (non-hydrogen) atoms. The second-order valence-electron chi connectivity index (χ2n) is 6.51. The number of hydrogen-bond acceptors (Lipinski definition) is 6. The Morgan fingerprint density at radius 1 is 1.31 bits per heavy atom. The van der Waals surface area contributed by atoms with Crippen LogP contribution in [0.2, 0.25) is 0 Å². The summed E-state index contributed by atoms with van der Waals surface area (Å²) >= 11 is 1.37. The minimum atomic E-state index is -3.26. The van der Waals surface area contributed by atoms with Gasteiger partial charge in [0.05, 0.1) is 10.8 Å². The summed E-state index contributed by atoms with van der Waals surface area (Å²) in [5.74, 6) is -0.0560. The van der Waals surface area contributed by atoms with E-state index in [9.17, 15) is 13.2 Å². The van der Waals surface area contributed by atoms with Crippen LogP contribution < -0.4 is 5.32 Å². The van der Waals surface area contributed by atoms with Crippen molar-refractivity contribution >= 4 is 32.2 Å². The highest BCUT2D eigenvalue weighted by Crippen LogP contribution is 2.31. The number of carbonyl (C=O) groups excluding carboxylic acids is 1. The van der Waals surface area contributed by atoms with Crippen LogP contribution in [0.5, 0.6) is 0 Å². The first-order chi connectivity index (χ1) is 12.4. The van der Waals surface area contributed by atoms with Gasteiger partial charge in [-0.25, -0.2) is 13.4 Å². The van der Waals surface area contributed by atoms with Crippen molar-refractivity contribution in [3.8, 4) is 0 Å². The van der Waals surface area contributed by atoms with E-state index in [-0.39, 0.29) is 16.7 Å². The highest BCUT2D eigenvalue weighted by atomic mass is 32.2. The molecule has 3 rings (SSSR count). The quantitative estimate of drug-likeness (QED) is 0.814. The van der Waals surface area contributed by atoms with Gasteiger partial charge in [-0.05, 0) is 42.9 Å². The van der Waals surface area contributed by atoms with E-state index in [4.69, 9.17) is 4.74 Å². The lowest BCUT2D eigenvalue weighted by Gasteiger charge is -2.26. The summed E-state index contributed by atoms with van der Waals surface area (Å²) in [6.07, 6.45) is 5.40. The van der Waals surface area contributed by atoms with Gasteiger partial charge in [0.15, 0.2) is 15.0 Å². The van der Waals surface area contributed by atoms with Crippen LogP contribution in [-0.2, 0) is 19.4 Å². The van der Waals surface area contributed by atoms with Crippen molar-refractivity contribution in [3.05, 3.63) is 41.4 Å². The zero-order chi connectivity index (χ0) is 18.6. The number of nitrogens with zero attached hydrogens (tertiary/aromatic N) is 1. The number of carbonyl (C=O) groups is 1. The molecule has 1 aliphatic rings. The Bertz CT molecular complexity index is 827. The summed E-state index contributed by atoms with van der Waals surface area (Å²) in [7, 11) is -3.26. The van der Waals surface area contributed by atoms with E-state index in [1.807, 2.05) is 5.38 Å². The summed E-state index contributed by atoms with van der Waals surface area (Å²) in [6.45, 7) is 1.44. The maximum absolute atomic E-state index is 12.9. The first kappa shape index (κ1) is 19.0. The Morgan fingerprint density at radius 3 is 2.58 bits per heavy atom. The second kappa shape index (κ2) is 8.28. The predicted octanol–water partition coefficient (Wildman–Crippen LogP) is 3.09. The van der Waals surface area contributed by atoms with Crippen molar-refractivity contribution in [2.75, 3.05) is 24.8 Å². The molecule has 1 N–H and O–H groups in total. The molecule has 2 heterocycles. The van der Waals surface area contributed by atoms with E-state index in [0.717, 1.165) is 31.6 Å². The third kappa shape index (κ3) is 4.90. The molecule has 0 saturated carbocycles. The maximum Gasteiger partial charge on any atom is 0.233 e. The zero-order valence-electron chi connectivity index (χ0n) is 14.6. The molecule has 1 aromatic heterocycles. The smallest absolute Gasteiger partial charge is 0.233 e. The zero-order valence-corrected chi connectivity index (χ0v) is 16.2. The van der Waals surface area contributed by atoms with Gasteiger partial charge in [0.25, 0.3) is 0 Å². The number of thiazole rings is 1. The summed E-state index contributed by atoms with van der Waals surface area (Å²) in [4.78, 5) is 17.2. The van der Waals surface area contributed by atoms with E-state index >= 15 is 0 Å². The standard InChI is InChI=1S/C18H22N2O4S2/c1-26(22,23)15-4-2-14(3-5-15)16(12-13-6-9-24-10-7-13)17(21)20-18-19-8-11-25-18/h2-5,8,11,13,16H,6-7,9-10,12H2,1H3,(H,19,20,21)/t16-/m0/s1. The first-order valence-electron chi connectivity index (χ1n) is 8.51. The minimum absolute atomic E-state index is 0.112. The minimum Gasteiger partial charge on any atom is -0.381 e. The molecule has 1 saturated heterocycles. The van der Waals surface area contributed by atoms with Crippen LogP contribution in [0.4, 0.5) is 5.13 Å². The number of sulfone groups is 1. The summed E-state index contributed by atoms with van der Waals surface area (Å²) < 4.78 is 28.8. The lowest BCUT2D eigenvalue weighted by atomic mass is 9.84. The molecule has 1 fully saturated rings. The number of hydrogen-bond donors (Lipinski definition) is 1. The number of anilines is 1. The molecule has 0 radical (unpaired) electrons. The number of aromatic nitrogens is 1. The summed E-state index contributed by atoms with van der Waals surface area (Å²) in [5, 5.41) is 5.25. The maximum atomic E-state index is 12.9. The average molecular weight is 395 g/mol. The van der Waals surface area contributed by atoms with E-state index in [0.29, 0.717) is 17.5 Å². The SMILES string of the molecule is CS(=O)(=O)c1ccc([C@H](CC2CCOCC2)C(=O)Nc2nccs2)cc1. The number of nitrogens with one attached hydrogen (secondary N) is 1. The van der Waals surface area contributed by atoms with Gasteiger partial charge in [-0.1, -0.05) is 12.1 Å². The van der Waals surface area contributed by atoms with Crippen molar-refractivity contribution in [2.45, 2.75) is 30.1 Å². The topological polar surface area (TPSA) is 85.4 Å². The molecule has 1 amide bonds. The molecule has 0 bridgehead atoms. The molecule has 1 aliphatic heterocycles. The first-order valence-corrected chi connectivity index (χ1v) is 11.3. The van der Waals surface area contributed by atoms with Crippen LogP contribution in [0.1, 0.15) is 30.7 Å². The highest BCUT2D eigenvalue weighted by Gasteiger charge is 2.27. The molecule has 1 atom stereocenters. The van der Waals surface area contributed by atoms with Crippen molar-refractivity contribution in [3.63, 3.8) is 0 Å². The monoisotopic (exact) mass is 394 g/mol. The van der Waals surface area contributed by atoms with Crippen LogP contribution >= 0.6 is 11.3 Å². The van der Waals surface area contributed by atoms with Gasteiger partial charge in [0, 0.05) is 31.0 Å². The second-order valence-corrected chi connectivity index (χ2v) is 9.42. The van der Waals surface area contributed by atoms with Gasteiger partial charge in [-0.15, -0.1) is 11.3 Å². The molecular weight excluding hydrogens is 372 g/mol. The fraction of sp³-hybridized carbons (Fsp3) is 0.444. The third-order valence-corrected chi connectivity index (χ3v) is 6.42. The predicted molar refractivity (Wildman–Crippen MR) is 101 cm³/mol. The lowest BCUT2D eigenvalue weighted by molar-refractivity contribution is -0.118. The molecule has 0 spiro atoms. The summed E-state index contributed by atoms with van der Waals surface area (Å²) in [5.41, 5.74) is 0.818. The highest BCUT2D eigenvalue weighted by molar-refractivity contribution is 7.90. The van der Waals surface area contributed by atoms with Crippen LogP contribution in [0.3, 0.4) is 0 Å².